The summed E-state index contributed by atoms with van der Waals surface area (Å²) in [5.74, 6) is -0.482. The molecule has 18 heavy (non-hydrogen) atoms. The molecule has 1 atom stereocenters. The third-order valence-electron chi connectivity index (χ3n) is 3.16. The van der Waals surface area contributed by atoms with Crippen molar-refractivity contribution in [1.82, 2.24) is 0 Å². The number of esters is 2. The zero-order valence-corrected chi connectivity index (χ0v) is 11.4. The molecule has 0 spiro atoms. The number of rotatable bonds is 7. The standard InChI is InChI=1S/C13H22O5/c1-4-13(2,3)12(15)18-8-5-7-16-10-6-9-17-11(10)14/h10H,4-9H2,1-3H3. The van der Waals surface area contributed by atoms with Crippen molar-refractivity contribution in [3.05, 3.63) is 0 Å². The highest BCUT2D eigenvalue weighted by Crippen LogP contribution is 2.21. The summed E-state index contributed by atoms with van der Waals surface area (Å²) in [6.45, 7) is 6.84. The largest absolute Gasteiger partial charge is 0.465 e. The van der Waals surface area contributed by atoms with E-state index in [0.717, 1.165) is 6.42 Å². The van der Waals surface area contributed by atoms with Gasteiger partial charge in [-0.25, -0.2) is 4.79 Å². The molecular weight excluding hydrogens is 236 g/mol. The molecule has 1 heterocycles. The van der Waals surface area contributed by atoms with Crippen molar-refractivity contribution in [2.45, 2.75) is 46.1 Å². The maximum Gasteiger partial charge on any atom is 0.335 e. The molecule has 1 unspecified atom stereocenters. The first kappa shape index (κ1) is 15.0. The second kappa shape index (κ2) is 6.73. The maximum absolute atomic E-state index is 11.6. The van der Waals surface area contributed by atoms with Gasteiger partial charge in [0.15, 0.2) is 6.10 Å². The van der Waals surface area contributed by atoms with Crippen LogP contribution in [-0.4, -0.2) is 37.9 Å². The van der Waals surface area contributed by atoms with Crippen molar-refractivity contribution in [3.8, 4) is 0 Å². The minimum Gasteiger partial charge on any atom is -0.465 e. The monoisotopic (exact) mass is 258 g/mol. The number of hydrogen-bond acceptors (Lipinski definition) is 5. The Hall–Kier alpha value is -1.10. The molecule has 1 rings (SSSR count). The molecule has 0 aromatic carbocycles. The van der Waals surface area contributed by atoms with Gasteiger partial charge in [0.1, 0.15) is 0 Å². The predicted molar refractivity (Wildman–Crippen MR) is 65.0 cm³/mol. The molecule has 1 aliphatic rings. The van der Waals surface area contributed by atoms with Crippen molar-refractivity contribution >= 4 is 11.9 Å². The summed E-state index contributed by atoms with van der Waals surface area (Å²) < 4.78 is 15.3. The van der Waals surface area contributed by atoms with Gasteiger partial charge in [-0.05, 0) is 20.3 Å². The fourth-order valence-corrected chi connectivity index (χ4v) is 1.42. The normalized spacial score (nSPS) is 19.7. The van der Waals surface area contributed by atoms with Crippen LogP contribution in [0.25, 0.3) is 0 Å². The molecule has 0 radical (unpaired) electrons. The van der Waals surface area contributed by atoms with E-state index >= 15 is 0 Å². The SMILES string of the molecule is CCC(C)(C)C(=O)OCCCOC1CCOC1=O. The van der Waals surface area contributed by atoms with Crippen LogP contribution >= 0.6 is 0 Å². The van der Waals surface area contributed by atoms with Gasteiger partial charge in [0.2, 0.25) is 0 Å². The lowest BCUT2D eigenvalue weighted by Crippen LogP contribution is -2.26. The smallest absolute Gasteiger partial charge is 0.335 e. The quantitative estimate of drug-likeness (QED) is 0.513. The van der Waals surface area contributed by atoms with Gasteiger partial charge in [-0.1, -0.05) is 6.92 Å². The fourth-order valence-electron chi connectivity index (χ4n) is 1.42. The number of cyclic esters (lactones) is 1. The number of ether oxygens (including phenoxy) is 3. The minimum atomic E-state index is -0.437. The molecule has 0 saturated carbocycles. The summed E-state index contributed by atoms with van der Waals surface area (Å²) in [7, 11) is 0. The van der Waals surface area contributed by atoms with E-state index in [2.05, 4.69) is 0 Å². The van der Waals surface area contributed by atoms with Crippen LogP contribution in [0.15, 0.2) is 0 Å². The topological polar surface area (TPSA) is 61.8 Å². The van der Waals surface area contributed by atoms with Crippen LogP contribution in [0.4, 0.5) is 0 Å². The molecule has 0 aromatic rings. The van der Waals surface area contributed by atoms with Crippen molar-refractivity contribution in [3.63, 3.8) is 0 Å². The fraction of sp³-hybridized carbons (Fsp3) is 0.846. The van der Waals surface area contributed by atoms with E-state index < -0.39 is 11.5 Å². The zero-order valence-electron chi connectivity index (χ0n) is 11.4. The van der Waals surface area contributed by atoms with E-state index in [9.17, 15) is 9.59 Å². The van der Waals surface area contributed by atoms with Gasteiger partial charge < -0.3 is 14.2 Å². The van der Waals surface area contributed by atoms with Gasteiger partial charge in [0.25, 0.3) is 0 Å². The summed E-state index contributed by atoms with van der Waals surface area (Å²) in [6, 6.07) is 0. The first-order chi connectivity index (χ1) is 8.47. The Bertz CT molecular complexity index is 298. The molecule has 0 aliphatic carbocycles. The number of carbonyl (C=O) groups is 2. The summed E-state index contributed by atoms with van der Waals surface area (Å²) in [5, 5.41) is 0. The van der Waals surface area contributed by atoms with Crippen molar-refractivity contribution < 1.29 is 23.8 Å². The van der Waals surface area contributed by atoms with E-state index in [1.807, 2.05) is 20.8 Å². The second-order valence-corrected chi connectivity index (χ2v) is 5.04. The summed E-state index contributed by atoms with van der Waals surface area (Å²) in [4.78, 5) is 22.7. The Morgan fingerprint density at radius 3 is 2.72 bits per heavy atom. The highest BCUT2D eigenvalue weighted by atomic mass is 16.6. The van der Waals surface area contributed by atoms with Crippen LogP contribution in [-0.2, 0) is 23.8 Å². The van der Waals surface area contributed by atoms with Crippen molar-refractivity contribution in [2.24, 2.45) is 5.41 Å². The highest BCUT2D eigenvalue weighted by Gasteiger charge is 2.28. The second-order valence-electron chi connectivity index (χ2n) is 5.04. The first-order valence-corrected chi connectivity index (χ1v) is 6.43. The third-order valence-corrected chi connectivity index (χ3v) is 3.16. The summed E-state index contributed by atoms with van der Waals surface area (Å²) in [6.07, 6.45) is 1.51. The average Bonchev–Trinajstić information content (AvgIpc) is 2.74. The minimum absolute atomic E-state index is 0.190. The lowest BCUT2D eigenvalue weighted by atomic mass is 9.91. The Labute approximate surface area is 108 Å². The van der Waals surface area contributed by atoms with Gasteiger partial charge in [-0.2, -0.15) is 0 Å². The van der Waals surface area contributed by atoms with E-state index in [4.69, 9.17) is 14.2 Å². The van der Waals surface area contributed by atoms with Crippen LogP contribution in [0.3, 0.4) is 0 Å². The van der Waals surface area contributed by atoms with Gasteiger partial charge in [0.05, 0.1) is 25.2 Å². The third kappa shape index (κ3) is 4.29. The van der Waals surface area contributed by atoms with Gasteiger partial charge in [-0.15, -0.1) is 0 Å². The van der Waals surface area contributed by atoms with Gasteiger partial charge >= 0.3 is 11.9 Å². The number of carbonyl (C=O) groups excluding carboxylic acids is 2. The lowest BCUT2D eigenvalue weighted by molar-refractivity contribution is -0.155. The van der Waals surface area contributed by atoms with Crippen molar-refractivity contribution in [1.29, 1.82) is 0 Å². The van der Waals surface area contributed by atoms with Gasteiger partial charge in [0, 0.05) is 12.8 Å². The molecule has 5 nitrogen and oxygen atoms in total. The Balaban J connectivity index is 2.08. The van der Waals surface area contributed by atoms with Gasteiger partial charge in [-0.3, -0.25) is 4.79 Å². The Morgan fingerprint density at radius 1 is 1.44 bits per heavy atom. The van der Waals surface area contributed by atoms with E-state index in [0.29, 0.717) is 32.7 Å². The highest BCUT2D eigenvalue weighted by molar-refractivity contribution is 5.76. The average molecular weight is 258 g/mol. The van der Waals surface area contributed by atoms with Crippen molar-refractivity contribution in [2.75, 3.05) is 19.8 Å². The molecule has 1 saturated heterocycles. The molecule has 1 fully saturated rings. The van der Waals surface area contributed by atoms with Crippen LogP contribution in [0, 0.1) is 5.41 Å². The van der Waals surface area contributed by atoms with E-state index in [1.54, 1.807) is 0 Å². The van der Waals surface area contributed by atoms with Crippen LogP contribution < -0.4 is 0 Å². The van der Waals surface area contributed by atoms with Crippen LogP contribution in [0.2, 0.25) is 0 Å². The molecule has 5 heteroatoms. The molecule has 1 aliphatic heterocycles. The van der Waals surface area contributed by atoms with E-state index in [-0.39, 0.29) is 11.9 Å². The lowest BCUT2D eigenvalue weighted by Gasteiger charge is -2.20. The van der Waals surface area contributed by atoms with Crippen LogP contribution in [0.5, 0.6) is 0 Å². The van der Waals surface area contributed by atoms with Crippen LogP contribution in [0.1, 0.15) is 40.0 Å². The first-order valence-electron chi connectivity index (χ1n) is 6.43. The summed E-state index contributed by atoms with van der Waals surface area (Å²) in [5.41, 5.74) is -0.434. The zero-order chi connectivity index (χ0) is 13.6. The molecule has 0 N–H and O–H groups in total. The molecule has 0 bridgehead atoms. The number of hydrogen-bond donors (Lipinski definition) is 0. The molecule has 0 amide bonds. The van der Waals surface area contributed by atoms with E-state index in [1.165, 1.54) is 0 Å². The molecular formula is C13H22O5. The predicted octanol–water partition coefficient (Wildman–Crippen LogP) is 1.69. The molecule has 104 valence electrons. The molecule has 0 aromatic heterocycles. The maximum atomic E-state index is 11.6. The summed E-state index contributed by atoms with van der Waals surface area (Å²) >= 11 is 0. The Morgan fingerprint density at radius 2 is 2.17 bits per heavy atom. The Kier molecular flexibility index (Phi) is 5.59.